The lowest BCUT2D eigenvalue weighted by molar-refractivity contribution is -0.148. The van der Waals surface area contributed by atoms with Crippen molar-refractivity contribution in [3.8, 4) is 11.5 Å². The van der Waals surface area contributed by atoms with Crippen molar-refractivity contribution in [3.05, 3.63) is 59.9 Å². The molecule has 0 bridgehead atoms. The second-order valence-electron chi connectivity index (χ2n) is 5.87. The van der Waals surface area contributed by atoms with Crippen molar-refractivity contribution >= 4 is 17.8 Å². The number of rotatable bonds is 5. The lowest BCUT2D eigenvalue weighted by Crippen LogP contribution is -2.51. The number of amides is 2. The Kier molecular flexibility index (Phi) is 6.05. The highest BCUT2D eigenvalue weighted by atomic mass is 19.1. The summed E-state index contributed by atoms with van der Waals surface area (Å²) in [4.78, 5) is 35.4. The molecule has 0 unspecified atom stereocenters. The first-order valence-corrected chi connectivity index (χ1v) is 8.38. The molecule has 1 atom stereocenters. The van der Waals surface area contributed by atoms with Gasteiger partial charge in [-0.05, 0) is 29.8 Å². The molecule has 2 N–H and O–H groups in total. The molecule has 146 valence electrons. The van der Waals surface area contributed by atoms with Crippen molar-refractivity contribution < 1.29 is 33.0 Å². The topological polar surface area (TPSA) is 103 Å². The summed E-state index contributed by atoms with van der Waals surface area (Å²) in [5, 5.41) is 0. The van der Waals surface area contributed by atoms with Gasteiger partial charge in [0, 0.05) is 0 Å². The Morgan fingerprint density at radius 3 is 2.64 bits per heavy atom. The standard InChI is InChI=1S/C19H17FN2O6/c20-13-5-3-4-12(8-13)9-18(24)27-11-17(23)21-22-19(25)16-10-26-14-6-1-2-7-15(14)28-16/h1-8,16H,9-11H2,(H,21,23)(H,22,25)/t16-/m0/s1. The van der Waals surface area contributed by atoms with Crippen LogP contribution in [0.15, 0.2) is 48.5 Å². The second kappa shape index (κ2) is 8.85. The molecular weight excluding hydrogens is 371 g/mol. The monoisotopic (exact) mass is 388 g/mol. The van der Waals surface area contributed by atoms with E-state index >= 15 is 0 Å². The molecule has 0 fully saturated rings. The van der Waals surface area contributed by atoms with Gasteiger partial charge >= 0.3 is 5.97 Å². The molecule has 8 nitrogen and oxygen atoms in total. The molecule has 0 radical (unpaired) electrons. The average molecular weight is 388 g/mol. The van der Waals surface area contributed by atoms with E-state index in [0.717, 1.165) is 0 Å². The van der Waals surface area contributed by atoms with Gasteiger partial charge in [0.15, 0.2) is 18.1 Å². The average Bonchev–Trinajstić information content (AvgIpc) is 2.70. The second-order valence-corrected chi connectivity index (χ2v) is 5.87. The smallest absolute Gasteiger partial charge is 0.310 e. The number of hydrogen-bond acceptors (Lipinski definition) is 6. The Labute approximate surface area is 159 Å². The number of nitrogens with one attached hydrogen (secondary N) is 2. The molecule has 0 saturated heterocycles. The highest BCUT2D eigenvalue weighted by molar-refractivity contribution is 5.86. The molecule has 2 aromatic carbocycles. The molecule has 28 heavy (non-hydrogen) atoms. The fraction of sp³-hybridized carbons (Fsp3) is 0.211. The van der Waals surface area contributed by atoms with Crippen LogP contribution in [0.2, 0.25) is 0 Å². The lowest BCUT2D eigenvalue weighted by atomic mass is 10.1. The molecule has 0 aliphatic carbocycles. The van der Waals surface area contributed by atoms with Crippen LogP contribution < -0.4 is 20.3 Å². The van der Waals surface area contributed by atoms with Gasteiger partial charge in [-0.3, -0.25) is 25.2 Å². The minimum absolute atomic E-state index is 0.0126. The molecule has 1 aliphatic heterocycles. The van der Waals surface area contributed by atoms with Crippen molar-refractivity contribution in [1.29, 1.82) is 0 Å². The number of carbonyl (C=O) groups is 3. The van der Waals surface area contributed by atoms with Gasteiger partial charge in [-0.25, -0.2) is 4.39 Å². The van der Waals surface area contributed by atoms with E-state index in [1.165, 1.54) is 18.2 Å². The lowest BCUT2D eigenvalue weighted by Gasteiger charge is -2.25. The summed E-state index contributed by atoms with van der Waals surface area (Å²) in [7, 11) is 0. The molecule has 0 saturated carbocycles. The highest BCUT2D eigenvalue weighted by Gasteiger charge is 2.27. The molecule has 1 aliphatic rings. The number of halogens is 1. The van der Waals surface area contributed by atoms with Crippen LogP contribution in [0.1, 0.15) is 5.56 Å². The number of para-hydroxylation sites is 2. The third-order valence-corrected chi connectivity index (χ3v) is 3.73. The Balaban J connectivity index is 1.38. The van der Waals surface area contributed by atoms with Gasteiger partial charge in [-0.2, -0.15) is 0 Å². The summed E-state index contributed by atoms with van der Waals surface area (Å²) in [5.74, 6) is -1.57. The predicted octanol–water partition coefficient (Wildman–Crippen LogP) is 0.899. The molecule has 0 spiro atoms. The molecule has 2 amide bonds. The number of fused-ring (bicyclic) bond motifs is 1. The predicted molar refractivity (Wildman–Crippen MR) is 93.7 cm³/mol. The van der Waals surface area contributed by atoms with E-state index in [2.05, 4.69) is 10.9 Å². The highest BCUT2D eigenvalue weighted by Crippen LogP contribution is 2.30. The number of carbonyl (C=O) groups excluding carboxylic acids is 3. The minimum Gasteiger partial charge on any atom is -0.485 e. The normalized spacial score (nSPS) is 14.7. The fourth-order valence-electron chi connectivity index (χ4n) is 2.41. The molecule has 9 heteroatoms. The van der Waals surface area contributed by atoms with E-state index in [1.807, 2.05) is 0 Å². The minimum atomic E-state index is -0.939. The molecule has 0 aromatic heterocycles. The van der Waals surface area contributed by atoms with E-state index in [9.17, 15) is 18.8 Å². The Morgan fingerprint density at radius 2 is 1.86 bits per heavy atom. The van der Waals surface area contributed by atoms with Crippen molar-refractivity contribution in [2.75, 3.05) is 13.2 Å². The Morgan fingerprint density at radius 1 is 1.07 bits per heavy atom. The summed E-state index contributed by atoms with van der Waals surface area (Å²) >= 11 is 0. The molecular formula is C19H17FN2O6. The zero-order chi connectivity index (χ0) is 19.9. The maximum Gasteiger partial charge on any atom is 0.310 e. The summed E-state index contributed by atoms with van der Waals surface area (Å²) in [5.41, 5.74) is 4.72. The van der Waals surface area contributed by atoms with E-state index in [-0.39, 0.29) is 13.0 Å². The van der Waals surface area contributed by atoms with E-state index in [0.29, 0.717) is 17.1 Å². The van der Waals surface area contributed by atoms with Crippen molar-refractivity contribution in [1.82, 2.24) is 10.9 Å². The third kappa shape index (κ3) is 5.19. The van der Waals surface area contributed by atoms with Gasteiger partial charge in [-0.15, -0.1) is 0 Å². The number of ether oxygens (including phenoxy) is 3. The Bertz CT molecular complexity index is 888. The molecule has 3 rings (SSSR count). The van der Waals surface area contributed by atoms with Crippen molar-refractivity contribution in [3.63, 3.8) is 0 Å². The molecule has 1 heterocycles. The first-order chi connectivity index (χ1) is 13.5. The van der Waals surface area contributed by atoms with Crippen LogP contribution in [-0.2, 0) is 25.5 Å². The van der Waals surface area contributed by atoms with Gasteiger partial charge in [-0.1, -0.05) is 24.3 Å². The number of benzene rings is 2. The zero-order valence-electron chi connectivity index (χ0n) is 14.6. The van der Waals surface area contributed by atoms with Gasteiger partial charge < -0.3 is 14.2 Å². The van der Waals surface area contributed by atoms with Gasteiger partial charge in [0.25, 0.3) is 11.8 Å². The number of esters is 1. The van der Waals surface area contributed by atoms with E-state index in [1.54, 1.807) is 30.3 Å². The van der Waals surface area contributed by atoms with Gasteiger partial charge in [0.2, 0.25) is 6.10 Å². The van der Waals surface area contributed by atoms with Crippen LogP contribution in [0, 0.1) is 5.82 Å². The first-order valence-electron chi connectivity index (χ1n) is 8.38. The van der Waals surface area contributed by atoms with E-state index in [4.69, 9.17) is 14.2 Å². The summed E-state index contributed by atoms with van der Waals surface area (Å²) < 4.78 is 28.8. The van der Waals surface area contributed by atoms with Crippen LogP contribution >= 0.6 is 0 Å². The maximum absolute atomic E-state index is 13.1. The van der Waals surface area contributed by atoms with Crippen LogP contribution in [-0.4, -0.2) is 37.1 Å². The summed E-state index contributed by atoms with van der Waals surface area (Å²) in [6, 6.07) is 12.4. The summed E-state index contributed by atoms with van der Waals surface area (Å²) in [6.45, 7) is -0.610. The van der Waals surface area contributed by atoms with Gasteiger partial charge in [0.1, 0.15) is 12.4 Å². The van der Waals surface area contributed by atoms with E-state index < -0.39 is 36.3 Å². The first kappa shape index (κ1) is 19.2. The third-order valence-electron chi connectivity index (χ3n) is 3.73. The van der Waals surface area contributed by atoms with Crippen molar-refractivity contribution in [2.24, 2.45) is 0 Å². The fourth-order valence-corrected chi connectivity index (χ4v) is 2.41. The SMILES string of the molecule is O=C(COC(=O)Cc1cccc(F)c1)NNC(=O)[C@@H]1COc2ccccc2O1. The number of hydrazine groups is 1. The number of hydrogen-bond donors (Lipinski definition) is 2. The van der Waals surface area contributed by atoms with Gasteiger partial charge in [0.05, 0.1) is 6.42 Å². The van der Waals surface area contributed by atoms with Crippen LogP contribution in [0.25, 0.3) is 0 Å². The van der Waals surface area contributed by atoms with Crippen LogP contribution in [0.5, 0.6) is 11.5 Å². The maximum atomic E-state index is 13.1. The largest absolute Gasteiger partial charge is 0.485 e. The summed E-state index contributed by atoms with van der Waals surface area (Å²) in [6.07, 6.45) is -1.12. The van der Waals surface area contributed by atoms with Crippen molar-refractivity contribution in [2.45, 2.75) is 12.5 Å². The quantitative estimate of drug-likeness (QED) is 0.583. The van der Waals surface area contributed by atoms with Crippen LogP contribution in [0.4, 0.5) is 4.39 Å². The molecule has 2 aromatic rings. The Hall–Kier alpha value is -3.62. The van der Waals surface area contributed by atoms with Crippen LogP contribution in [0.3, 0.4) is 0 Å². The zero-order valence-corrected chi connectivity index (χ0v) is 14.6.